The third-order valence-corrected chi connectivity index (χ3v) is 7.36. The molecule has 2 heteroatoms. The Balaban J connectivity index is 1.90. The predicted molar refractivity (Wildman–Crippen MR) is 129 cm³/mol. The minimum absolute atomic E-state index is 0.214. The van der Waals surface area contributed by atoms with Gasteiger partial charge in [-0.3, -0.25) is 0 Å². The van der Waals surface area contributed by atoms with Gasteiger partial charge in [0.25, 0.3) is 0 Å². The highest BCUT2D eigenvalue weighted by molar-refractivity contribution is 4.91. The van der Waals surface area contributed by atoms with Crippen molar-refractivity contribution in [3.8, 4) is 0 Å². The first-order valence-electron chi connectivity index (χ1n) is 13.1. The molecule has 1 heterocycles. The lowest BCUT2D eigenvalue weighted by molar-refractivity contribution is 0.182. The molecular weight excluding hydrogens is 352 g/mol. The topological polar surface area (TPSA) is 17.8 Å². The van der Waals surface area contributed by atoms with Crippen LogP contribution in [0.1, 0.15) is 143 Å². The van der Waals surface area contributed by atoms with E-state index in [-0.39, 0.29) is 5.54 Å². The molecule has 2 unspecified atom stereocenters. The van der Waals surface area contributed by atoms with Crippen LogP contribution in [0, 0.1) is 5.92 Å². The van der Waals surface area contributed by atoms with Crippen molar-refractivity contribution in [1.82, 2.24) is 9.55 Å². The summed E-state index contributed by atoms with van der Waals surface area (Å²) < 4.78 is 2.32. The Bertz CT molecular complexity index is 453. The van der Waals surface area contributed by atoms with E-state index in [9.17, 15) is 0 Å². The zero-order valence-corrected chi connectivity index (χ0v) is 20.4. The number of rotatable bonds is 20. The van der Waals surface area contributed by atoms with Gasteiger partial charge in [-0.25, -0.2) is 4.98 Å². The van der Waals surface area contributed by atoms with Crippen molar-refractivity contribution in [3.63, 3.8) is 0 Å². The van der Waals surface area contributed by atoms with Gasteiger partial charge in [0.2, 0.25) is 0 Å². The summed E-state index contributed by atoms with van der Waals surface area (Å²) in [6, 6.07) is 0. The summed E-state index contributed by atoms with van der Waals surface area (Å²) in [6.07, 6.45) is 31.7. The highest BCUT2D eigenvalue weighted by Crippen LogP contribution is 2.33. The standard InChI is InChI=1S/C27H52N2/c1-5-7-8-9-10-11-12-13-14-15-16-17-18-19-20-21-22-26(3)27(4,6-2)29-24-23-28-25-29/h23-26H,5-22H2,1-4H3. The lowest BCUT2D eigenvalue weighted by Gasteiger charge is -2.36. The van der Waals surface area contributed by atoms with E-state index in [0.29, 0.717) is 5.92 Å². The summed E-state index contributed by atoms with van der Waals surface area (Å²) in [6.45, 7) is 9.43. The molecule has 0 aliphatic heterocycles. The van der Waals surface area contributed by atoms with E-state index in [1.807, 2.05) is 12.5 Å². The summed E-state index contributed by atoms with van der Waals surface area (Å²) in [4.78, 5) is 4.26. The van der Waals surface area contributed by atoms with Gasteiger partial charge in [-0.05, 0) is 25.7 Å². The SMILES string of the molecule is CCCCCCCCCCCCCCCCCCC(C)C(C)(CC)n1ccnc1. The van der Waals surface area contributed by atoms with E-state index in [2.05, 4.69) is 43.4 Å². The van der Waals surface area contributed by atoms with E-state index in [4.69, 9.17) is 0 Å². The van der Waals surface area contributed by atoms with Gasteiger partial charge in [0, 0.05) is 17.9 Å². The second-order valence-corrected chi connectivity index (χ2v) is 9.67. The fourth-order valence-electron chi connectivity index (χ4n) is 4.66. The Kier molecular flexibility index (Phi) is 15.3. The van der Waals surface area contributed by atoms with Crippen molar-refractivity contribution in [2.45, 2.75) is 149 Å². The quantitative estimate of drug-likeness (QED) is 0.198. The molecule has 1 aromatic heterocycles. The van der Waals surface area contributed by atoms with E-state index in [1.54, 1.807) is 0 Å². The number of aromatic nitrogens is 2. The predicted octanol–water partition coefficient (Wildman–Crippen LogP) is 9.30. The van der Waals surface area contributed by atoms with Gasteiger partial charge in [-0.15, -0.1) is 0 Å². The lowest BCUT2D eigenvalue weighted by atomic mass is 9.81. The summed E-state index contributed by atoms with van der Waals surface area (Å²) in [5.41, 5.74) is 0.214. The Morgan fingerprint density at radius 3 is 1.55 bits per heavy atom. The fraction of sp³-hybridized carbons (Fsp3) is 0.889. The molecule has 0 aliphatic rings. The smallest absolute Gasteiger partial charge is 0.0951 e. The van der Waals surface area contributed by atoms with Crippen LogP contribution in [-0.4, -0.2) is 9.55 Å². The molecule has 0 fully saturated rings. The van der Waals surface area contributed by atoms with Crippen molar-refractivity contribution >= 4 is 0 Å². The average Bonchev–Trinajstić information content (AvgIpc) is 3.28. The molecule has 170 valence electrons. The molecule has 0 bridgehead atoms. The van der Waals surface area contributed by atoms with Crippen LogP contribution < -0.4 is 0 Å². The highest BCUT2D eigenvalue weighted by atomic mass is 15.1. The maximum Gasteiger partial charge on any atom is 0.0951 e. The normalized spacial score (nSPS) is 14.8. The average molecular weight is 405 g/mol. The zero-order chi connectivity index (χ0) is 21.2. The molecular formula is C27H52N2. The Hall–Kier alpha value is -0.790. The zero-order valence-electron chi connectivity index (χ0n) is 20.4. The van der Waals surface area contributed by atoms with E-state index in [0.717, 1.165) is 0 Å². The van der Waals surface area contributed by atoms with Crippen LogP contribution in [-0.2, 0) is 5.54 Å². The first-order chi connectivity index (χ1) is 14.1. The second-order valence-electron chi connectivity index (χ2n) is 9.67. The van der Waals surface area contributed by atoms with Gasteiger partial charge in [0.15, 0.2) is 0 Å². The number of imidazole rings is 1. The van der Waals surface area contributed by atoms with Crippen LogP contribution >= 0.6 is 0 Å². The minimum atomic E-state index is 0.214. The highest BCUT2D eigenvalue weighted by Gasteiger charge is 2.30. The summed E-state index contributed by atoms with van der Waals surface area (Å²) in [5.74, 6) is 0.702. The van der Waals surface area contributed by atoms with Crippen LogP contribution in [0.2, 0.25) is 0 Å². The van der Waals surface area contributed by atoms with Gasteiger partial charge < -0.3 is 4.57 Å². The van der Waals surface area contributed by atoms with Crippen LogP contribution in [0.3, 0.4) is 0 Å². The lowest BCUT2D eigenvalue weighted by Crippen LogP contribution is -2.35. The van der Waals surface area contributed by atoms with Crippen LogP contribution in [0.25, 0.3) is 0 Å². The molecule has 1 rings (SSSR count). The summed E-state index contributed by atoms with van der Waals surface area (Å²) >= 11 is 0. The minimum Gasteiger partial charge on any atom is -0.331 e. The monoisotopic (exact) mass is 404 g/mol. The molecule has 0 N–H and O–H groups in total. The van der Waals surface area contributed by atoms with Crippen molar-refractivity contribution in [2.24, 2.45) is 5.92 Å². The van der Waals surface area contributed by atoms with E-state index >= 15 is 0 Å². The first-order valence-corrected chi connectivity index (χ1v) is 13.1. The van der Waals surface area contributed by atoms with Gasteiger partial charge in [-0.2, -0.15) is 0 Å². The molecule has 0 saturated heterocycles. The van der Waals surface area contributed by atoms with Crippen molar-refractivity contribution in [3.05, 3.63) is 18.7 Å². The van der Waals surface area contributed by atoms with Crippen LogP contribution in [0.15, 0.2) is 18.7 Å². The van der Waals surface area contributed by atoms with Crippen molar-refractivity contribution in [1.29, 1.82) is 0 Å². The third-order valence-electron chi connectivity index (χ3n) is 7.36. The second kappa shape index (κ2) is 16.9. The largest absolute Gasteiger partial charge is 0.331 e. The fourth-order valence-corrected chi connectivity index (χ4v) is 4.66. The molecule has 0 spiro atoms. The van der Waals surface area contributed by atoms with Crippen LogP contribution in [0.5, 0.6) is 0 Å². The third kappa shape index (κ3) is 11.2. The summed E-state index contributed by atoms with van der Waals surface area (Å²) in [5, 5.41) is 0. The van der Waals surface area contributed by atoms with Crippen molar-refractivity contribution in [2.75, 3.05) is 0 Å². The molecule has 2 atom stereocenters. The molecule has 2 nitrogen and oxygen atoms in total. The number of unbranched alkanes of at least 4 members (excludes halogenated alkanes) is 15. The van der Waals surface area contributed by atoms with E-state index in [1.165, 1.54) is 116 Å². The van der Waals surface area contributed by atoms with Gasteiger partial charge in [-0.1, -0.05) is 124 Å². The molecule has 0 amide bonds. The Morgan fingerprint density at radius 2 is 1.17 bits per heavy atom. The van der Waals surface area contributed by atoms with Gasteiger partial charge in [0.05, 0.1) is 6.33 Å². The maximum absolute atomic E-state index is 4.26. The number of hydrogen-bond donors (Lipinski definition) is 0. The summed E-state index contributed by atoms with van der Waals surface area (Å²) in [7, 11) is 0. The number of nitrogens with zero attached hydrogens (tertiary/aromatic N) is 2. The molecule has 0 radical (unpaired) electrons. The van der Waals surface area contributed by atoms with E-state index < -0.39 is 0 Å². The van der Waals surface area contributed by atoms with Gasteiger partial charge >= 0.3 is 0 Å². The van der Waals surface area contributed by atoms with Gasteiger partial charge in [0.1, 0.15) is 0 Å². The molecule has 0 saturated carbocycles. The first kappa shape index (κ1) is 26.2. The Morgan fingerprint density at radius 1 is 0.724 bits per heavy atom. The van der Waals surface area contributed by atoms with Crippen LogP contribution in [0.4, 0.5) is 0 Å². The number of hydrogen-bond acceptors (Lipinski definition) is 1. The van der Waals surface area contributed by atoms with Crippen molar-refractivity contribution < 1.29 is 0 Å². The Labute approximate surface area is 183 Å². The molecule has 29 heavy (non-hydrogen) atoms. The molecule has 0 aromatic carbocycles. The maximum atomic E-state index is 4.26. The molecule has 0 aliphatic carbocycles. The molecule has 1 aromatic rings.